The summed E-state index contributed by atoms with van der Waals surface area (Å²) >= 11 is 0. The molecule has 2 aromatic carbocycles. The number of carbonyl (C=O) groups excluding carboxylic acids is 1. The van der Waals surface area contributed by atoms with Crippen LogP contribution in [0.5, 0.6) is 0 Å². The predicted molar refractivity (Wildman–Crippen MR) is 137 cm³/mol. The van der Waals surface area contributed by atoms with E-state index in [1.807, 2.05) is 24.4 Å². The molecule has 6 nitrogen and oxygen atoms in total. The monoisotopic (exact) mass is 470 g/mol. The molecule has 7 heteroatoms. The van der Waals surface area contributed by atoms with Crippen LogP contribution in [0.4, 0.5) is 10.7 Å². The fraction of sp³-hybridized carbons (Fsp3) is 0.370. The van der Waals surface area contributed by atoms with E-state index in [2.05, 4.69) is 76.5 Å². The second-order valence-corrected chi connectivity index (χ2v) is 12.2. The molecule has 5 rings (SSSR count). The number of benzene rings is 2. The average molecular weight is 471 g/mol. The van der Waals surface area contributed by atoms with Crippen LogP contribution in [0.2, 0.25) is 6.04 Å². The Balaban J connectivity index is 1.33. The fourth-order valence-corrected chi connectivity index (χ4v) is 8.34. The Morgan fingerprint density at radius 1 is 1.12 bits per heavy atom. The van der Waals surface area contributed by atoms with E-state index in [1.54, 1.807) is 0 Å². The lowest BCUT2D eigenvalue weighted by atomic mass is 10.0. The molecule has 0 unspecified atom stereocenters. The van der Waals surface area contributed by atoms with Crippen LogP contribution in [0.15, 0.2) is 66.9 Å². The standard InChI is InChI=1S/C27H32N5OSi/c1-20-15-23-17-29-26(28-16-21-9-5-3-6-10-21)30-24(23)18-32(20)27(33)34-14-13-31(2)19-25(34)22-11-7-4-8-12-22/h3-12,17,20,25H,13-16,18-19H2,1-2H3,(H,28,29,30)/t20-,25-/m1/s1. The number of hydrogen-bond donors (Lipinski definition) is 1. The summed E-state index contributed by atoms with van der Waals surface area (Å²) < 4.78 is 0. The number of rotatable bonds is 5. The number of anilines is 1. The van der Waals surface area contributed by atoms with E-state index < -0.39 is 8.80 Å². The highest BCUT2D eigenvalue weighted by Crippen LogP contribution is 2.31. The molecule has 0 spiro atoms. The van der Waals surface area contributed by atoms with E-state index in [0.29, 0.717) is 30.1 Å². The molecule has 2 atom stereocenters. The minimum Gasteiger partial charge on any atom is -0.350 e. The van der Waals surface area contributed by atoms with Gasteiger partial charge in [-0.05, 0) is 55.2 Å². The Morgan fingerprint density at radius 2 is 1.85 bits per heavy atom. The molecule has 1 amide bonds. The van der Waals surface area contributed by atoms with Gasteiger partial charge in [0.25, 0.3) is 0 Å². The lowest BCUT2D eigenvalue weighted by Gasteiger charge is -2.41. The minimum absolute atomic E-state index is 0.167. The number of nitrogens with one attached hydrogen (secondary N) is 1. The van der Waals surface area contributed by atoms with E-state index in [9.17, 15) is 4.79 Å². The second-order valence-electron chi connectivity index (χ2n) is 9.49. The highest BCUT2D eigenvalue weighted by Gasteiger charge is 2.40. The maximum absolute atomic E-state index is 14.0. The van der Waals surface area contributed by atoms with E-state index in [0.717, 1.165) is 36.8 Å². The largest absolute Gasteiger partial charge is 0.350 e. The summed E-state index contributed by atoms with van der Waals surface area (Å²) in [6.07, 6.45) is 2.75. The van der Waals surface area contributed by atoms with Crippen molar-refractivity contribution in [1.82, 2.24) is 19.8 Å². The lowest BCUT2D eigenvalue weighted by molar-refractivity contribution is 0.187. The van der Waals surface area contributed by atoms with Gasteiger partial charge in [-0.1, -0.05) is 60.7 Å². The molecule has 34 heavy (non-hydrogen) atoms. The van der Waals surface area contributed by atoms with Crippen LogP contribution in [-0.2, 0) is 19.5 Å². The number of amides is 1. The summed E-state index contributed by atoms with van der Waals surface area (Å²) in [5.41, 5.74) is 5.30. The van der Waals surface area contributed by atoms with Crippen LogP contribution in [0.3, 0.4) is 0 Å². The van der Waals surface area contributed by atoms with E-state index in [-0.39, 0.29) is 6.04 Å². The van der Waals surface area contributed by atoms with Crippen molar-refractivity contribution < 1.29 is 4.79 Å². The topological polar surface area (TPSA) is 61.4 Å². The second kappa shape index (κ2) is 10.1. The smallest absolute Gasteiger partial charge is 0.223 e. The molecule has 1 saturated heterocycles. The molecule has 2 aliphatic heterocycles. The van der Waals surface area contributed by atoms with Crippen molar-refractivity contribution in [3.05, 3.63) is 89.2 Å². The van der Waals surface area contributed by atoms with Crippen LogP contribution in [0.25, 0.3) is 0 Å². The third-order valence-corrected chi connectivity index (χ3v) is 9.99. The Hall–Kier alpha value is -3.03. The SMILES string of the molecule is C[C@@H]1Cc2cnc(NCc3ccccc3)nc2CN1C(=O)[Si]1CCN(C)C[C@@H]1c1ccccc1. The summed E-state index contributed by atoms with van der Waals surface area (Å²) in [6, 6.07) is 22.0. The zero-order chi connectivity index (χ0) is 23.5. The first kappa shape index (κ1) is 22.7. The molecule has 2 aliphatic rings. The Bertz CT molecular complexity index is 1130. The van der Waals surface area contributed by atoms with Crippen molar-refractivity contribution in [2.75, 3.05) is 25.5 Å². The summed E-state index contributed by atoms with van der Waals surface area (Å²) in [5, 5.41) is 3.34. The first-order chi connectivity index (χ1) is 16.6. The van der Waals surface area contributed by atoms with Crippen molar-refractivity contribution in [2.24, 2.45) is 0 Å². The van der Waals surface area contributed by atoms with Gasteiger partial charge in [0.05, 0.1) is 12.2 Å². The molecule has 0 bridgehead atoms. The molecule has 1 radical (unpaired) electrons. The third-order valence-electron chi connectivity index (χ3n) is 7.03. The maximum atomic E-state index is 14.0. The molecule has 1 fully saturated rings. The van der Waals surface area contributed by atoms with Gasteiger partial charge in [-0.3, -0.25) is 4.79 Å². The van der Waals surface area contributed by atoms with Crippen molar-refractivity contribution in [3.8, 4) is 0 Å². The van der Waals surface area contributed by atoms with Gasteiger partial charge in [-0.2, -0.15) is 0 Å². The van der Waals surface area contributed by atoms with E-state index in [4.69, 9.17) is 4.98 Å². The zero-order valence-electron chi connectivity index (χ0n) is 19.9. The maximum Gasteiger partial charge on any atom is 0.223 e. The fourth-order valence-electron chi connectivity index (χ4n) is 5.06. The Labute approximate surface area is 203 Å². The first-order valence-corrected chi connectivity index (χ1v) is 13.9. The van der Waals surface area contributed by atoms with Crippen LogP contribution >= 0.6 is 0 Å². The van der Waals surface area contributed by atoms with Crippen molar-refractivity contribution >= 4 is 20.3 Å². The lowest BCUT2D eigenvalue weighted by Crippen LogP contribution is -2.54. The highest BCUT2D eigenvalue weighted by molar-refractivity contribution is 6.90. The van der Waals surface area contributed by atoms with Crippen LogP contribution in [0.1, 0.15) is 34.8 Å². The Kier molecular flexibility index (Phi) is 6.74. The number of nitrogens with zero attached hydrogens (tertiary/aromatic N) is 4. The van der Waals surface area contributed by atoms with Gasteiger partial charge in [0, 0.05) is 25.3 Å². The molecule has 175 valence electrons. The predicted octanol–water partition coefficient (Wildman–Crippen LogP) is 4.30. The average Bonchev–Trinajstić information content (AvgIpc) is 2.88. The number of likely N-dealkylation sites (N-methyl/N-ethyl adjacent to an activating group) is 1. The van der Waals surface area contributed by atoms with Crippen LogP contribution in [0, 0.1) is 0 Å². The van der Waals surface area contributed by atoms with Gasteiger partial charge in [0.1, 0.15) is 0 Å². The molecular formula is C27H32N5OSi. The normalized spacial score (nSPS) is 21.2. The molecule has 3 aromatic rings. The highest BCUT2D eigenvalue weighted by atomic mass is 28.3. The number of carbonyl (C=O) groups is 1. The summed E-state index contributed by atoms with van der Waals surface area (Å²) in [5.74, 6) is 0.625. The van der Waals surface area contributed by atoms with Gasteiger partial charge in [-0.15, -0.1) is 0 Å². The molecule has 1 aromatic heterocycles. The van der Waals surface area contributed by atoms with Crippen molar-refractivity contribution in [3.63, 3.8) is 0 Å². The molecular weight excluding hydrogens is 438 g/mol. The van der Waals surface area contributed by atoms with Gasteiger partial charge in [0.15, 0.2) is 14.3 Å². The van der Waals surface area contributed by atoms with Gasteiger partial charge < -0.3 is 15.1 Å². The third kappa shape index (κ3) is 4.90. The molecule has 3 heterocycles. The van der Waals surface area contributed by atoms with Gasteiger partial charge >= 0.3 is 0 Å². The minimum atomic E-state index is -1.25. The van der Waals surface area contributed by atoms with Crippen LogP contribution < -0.4 is 5.32 Å². The molecule has 1 N–H and O–H groups in total. The summed E-state index contributed by atoms with van der Waals surface area (Å²) in [7, 11) is 0.915. The first-order valence-electron chi connectivity index (χ1n) is 12.1. The molecule has 0 saturated carbocycles. The quantitative estimate of drug-likeness (QED) is 0.564. The van der Waals surface area contributed by atoms with E-state index in [1.165, 1.54) is 11.1 Å². The summed E-state index contributed by atoms with van der Waals surface area (Å²) in [4.78, 5) is 27.8. The van der Waals surface area contributed by atoms with Gasteiger partial charge in [0.2, 0.25) is 5.95 Å². The number of aromatic nitrogens is 2. The summed E-state index contributed by atoms with van der Waals surface area (Å²) in [6.45, 7) is 5.37. The molecule has 0 aliphatic carbocycles. The van der Waals surface area contributed by atoms with Crippen LogP contribution in [-0.4, -0.2) is 60.3 Å². The van der Waals surface area contributed by atoms with E-state index >= 15 is 0 Å². The van der Waals surface area contributed by atoms with Gasteiger partial charge in [-0.25, -0.2) is 9.97 Å². The number of fused-ring (bicyclic) bond motifs is 1. The van der Waals surface area contributed by atoms with Crippen molar-refractivity contribution in [2.45, 2.75) is 44.1 Å². The number of hydrogen-bond acceptors (Lipinski definition) is 5. The zero-order valence-corrected chi connectivity index (χ0v) is 20.9. The van der Waals surface area contributed by atoms with Crippen molar-refractivity contribution in [1.29, 1.82) is 0 Å². The Morgan fingerprint density at radius 3 is 2.62 bits per heavy atom.